The van der Waals surface area contributed by atoms with Gasteiger partial charge in [0.25, 0.3) is 0 Å². The molecule has 6 heterocycles. The molecule has 2 aliphatic heterocycles. The van der Waals surface area contributed by atoms with Gasteiger partial charge >= 0.3 is 0 Å². The predicted molar refractivity (Wildman–Crippen MR) is 121 cm³/mol. The molecule has 2 N–H and O–H groups in total. The summed E-state index contributed by atoms with van der Waals surface area (Å²) in [6.07, 6.45) is 6.25. The molecule has 0 saturated carbocycles. The number of hydrogen-bond acceptors (Lipinski definition) is 9. The second kappa shape index (κ2) is 8.12. The Kier molecular flexibility index (Phi) is 4.99. The van der Waals surface area contributed by atoms with Crippen LogP contribution < -0.4 is 5.32 Å². The Hall–Kier alpha value is -2.66. The van der Waals surface area contributed by atoms with Gasteiger partial charge in [0.15, 0.2) is 0 Å². The van der Waals surface area contributed by atoms with Crippen LogP contribution in [0.15, 0.2) is 24.8 Å². The Labute approximate surface area is 183 Å². The van der Waals surface area contributed by atoms with Crippen LogP contribution in [0.25, 0.3) is 21.1 Å². The number of pyridine rings is 1. The smallest absolute Gasteiger partial charge is 0.144 e. The number of rotatable bonds is 5. The fourth-order valence-corrected chi connectivity index (χ4v) is 5.64. The molecule has 0 atom stereocenters. The number of aromatic amines is 1. The van der Waals surface area contributed by atoms with Crippen LogP contribution in [0.1, 0.15) is 10.4 Å². The lowest BCUT2D eigenvalue weighted by atomic mass is 10.0. The average Bonchev–Trinajstić information content (AvgIpc) is 3.42. The first-order valence-electron chi connectivity index (χ1n) is 10.7. The van der Waals surface area contributed by atoms with Gasteiger partial charge in [-0.25, -0.2) is 15.0 Å². The van der Waals surface area contributed by atoms with E-state index in [4.69, 9.17) is 4.74 Å². The van der Waals surface area contributed by atoms with E-state index in [9.17, 15) is 0 Å². The Bertz CT molecular complexity index is 1210. The molecule has 4 aromatic heterocycles. The standard InChI is InChI=1S/C21H24N8OS/c1-2-29(4-3-28-5-7-30-8-6-28)12-17-15(1)19-20(23-13-24-21(19)31-17)26-18-9-14-10-25-27-16(14)11-22-18/h9-11,13H,1-8,12H2,(H,25,27)(H,22,23,24,26). The number of thiophene rings is 1. The van der Waals surface area contributed by atoms with Gasteiger partial charge in [0.2, 0.25) is 0 Å². The van der Waals surface area contributed by atoms with Gasteiger partial charge in [-0.2, -0.15) is 5.10 Å². The molecule has 0 radical (unpaired) electrons. The third kappa shape index (κ3) is 3.76. The monoisotopic (exact) mass is 436 g/mol. The Balaban J connectivity index is 1.22. The average molecular weight is 437 g/mol. The van der Waals surface area contributed by atoms with Crippen LogP contribution in [-0.4, -0.2) is 80.9 Å². The van der Waals surface area contributed by atoms with E-state index < -0.39 is 0 Å². The zero-order valence-electron chi connectivity index (χ0n) is 17.2. The maximum Gasteiger partial charge on any atom is 0.144 e. The van der Waals surface area contributed by atoms with Gasteiger partial charge in [-0.1, -0.05) is 0 Å². The molecule has 4 aromatic rings. The van der Waals surface area contributed by atoms with Crippen LogP contribution in [0.3, 0.4) is 0 Å². The molecule has 0 aromatic carbocycles. The summed E-state index contributed by atoms with van der Waals surface area (Å²) in [4.78, 5) is 21.1. The van der Waals surface area contributed by atoms with Crippen molar-refractivity contribution in [2.75, 3.05) is 51.3 Å². The maximum absolute atomic E-state index is 5.46. The Morgan fingerprint density at radius 3 is 2.90 bits per heavy atom. The van der Waals surface area contributed by atoms with Gasteiger partial charge in [0.1, 0.15) is 22.8 Å². The molecule has 0 spiro atoms. The fraction of sp³-hybridized carbons (Fsp3) is 0.429. The number of H-pyrrole nitrogens is 1. The van der Waals surface area contributed by atoms with Gasteiger partial charge in [-0.15, -0.1) is 11.3 Å². The minimum atomic E-state index is 0.761. The van der Waals surface area contributed by atoms with Crippen LogP contribution in [0.5, 0.6) is 0 Å². The SMILES string of the molecule is c1nc(Nc2cc3cn[nH]c3cn2)c2c3c(sc2n1)CN(CCN1CCOCC1)CC3. The molecule has 160 valence electrons. The molecule has 2 aliphatic rings. The molecule has 0 unspecified atom stereocenters. The lowest BCUT2D eigenvalue weighted by molar-refractivity contribution is 0.0327. The summed E-state index contributed by atoms with van der Waals surface area (Å²) >= 11 is 1.79. The van der Waals surface area contributed by atoms with Gasteiger partial charge in [0.05, 0.1) is 36.5 Å². The van der Waals surface area contributed by atoms with E-state index >= 15 is 0 Å². The number of nitrogens with zero attached hydrogens (tertiary/aromatic N) is 6. The summed E-state index contributed by atoms with van der Waals surface area (Å²) < 4.78 is 5.46. The van der Waals surface area contributed by atoms with Crippen molar-refractivity contribution in [1.29, 1.82) is 0 Å². The lowest BCUT2D eigenvalue weighted by Gasteiger charge is -2.31. The molecular formula is C21H24N8OS. The highest BCUT2D eigenvalue weighted by atomic mass is 32.1. The van der Waals surface area contributed by atoms with Crippen LogP contribution in [-0.2, 0) is 17.7 Å². The molecular weight excluding hydrogens is 412 g/mol. The fourth-order valence-electron chi connectivity index (χ4n) is 4.41. The molecule has 31 heavy (non-hydrogen) atoms. The van der Waals surface area contributed by atoms with Crippen LogP contribution in [0.4, 0.5) is 11.6 Å². The normalized spacial score (nSPS) is 17.9. The molecule has 1 fully saturated rings. The van der Waals surface area contributed by atoms with Crippen LogP contribution >= 0.6 is 11.3 Å². The summed E-state index contributed by atoms with van der Waals surface area (Å²) in [5, 5.41) is 12.6. The van der Waals surface area contributed by atoms with E-state index in [1.807, 2.05) is 6.07 Å². The minimum Gasteiger partial charge on any atom is -0.379 e. The zero-order valence-corrected chi connectivity index (χ0v) is 18.0. The quantitative estimate of drug-likeness (QED) is 0.493. The van der Waals surface area contributed by atoms with Crippen molar-refractivity contribution in [3.8, 4) is 0 Å². The summed E-state index contributed by atoms with van der Waals surface area (Å²) in [7, 11) is 0. The Morgan fingerprint density at radius 1 is 1.06 bits per heavy atom. The number of morpholine rings is 1. The lowest BCUT2D eigenvalue weighted by Crippen LogP contribution is -2.42. The highest BCUT2D eigenvalue weighted by Crippen LogP contribution is 2.38. The molecule has 0 bridgehead atoms. The second-order valence-electron chi connectivity index (χ2n) is 8.04. The summed E-state index contributed by atoms with van der Waals surface area (Å²) in [5.41, 5.74) is 2.30. The first-order chi connectivity index (χ1) is 15.3. The van der Waals surface area contributed by atoms with E-state index in [1.54, 1.807) is 30.1 Å². The minimum absolute atomic E-state index is 0.761. The molecule has 1 saturated heterocycles. The van der Waals surface area contributed by atoms with E-state index in [0.717, 1.165) is 91.7 Å². The van der Waals surface area contributed by atoms with Crippen molar-refractivity contribution in [3.05, 3.63) is 35.2 Å². The van der Waals surface area contributed by atoms with E-state index in [1.165, 1.54) is 10.4 Å². The molecule has 0 aliphatic carbocycles. The van der Waals surface area contributed by atoms with E-state index in [-0.39, 0.29) is 0 Å². The van der Waals surface area contributed by atoms with Crippen molar-refractivity contribution in [2.45, 2.75) is 13.0 Å². The summed E-state index contributed by atoms with van der Waals surface area (Å²) in [6.45, 7) is 8.07. The van der Waals surface area contributed by atoms with Gasteiger partial charge in [0, 0.05) is 49.5 Å². The first-order valence-corrected chi connectivity index (χ1v) is 11.5. The number of fused-ring (bicyclic) bond motifs is 4. The van der Waals surface area contributed by atoms with Crippen LogP contribution in [0.2, 0.25) is 0 Å². The van der Waals surface area contributed by atoms with E-state index in [0.29, 0.717) is 0 Å². The molecule has 10 heteroatoms. The van der Waals surface area contributed by atoms with Crippen molar-refractivity contribution in [3.63, 3.8) is 0 Å². The first kappa shape index (κ1) is 19.1. The van der Waals surface area contributed by atoms with Crippen molar-refractivity contribution in [2.24, 2.45) is 0 Å². The molecule has 0 amide bonds. The van der Waals surface area contributed by atoms with Gasteiger partial charge in [-0.3, -0.25) is 14.9 Å². The van der Waals surface area contributed by atoms with E-state index in [2.05, 4.69) is 40.3 Å². The highest BCUT2D eigenvalue weighted by molar-refractivity contribution is 7.19. The summed E-state index contributed by atoms with van der Waals surface area (Å²) in [6, 6.07) is 1.99. The predicted octanol–water partition coefficient (Wildman–Crippen LogP) is 2.40. The Morgan fingerprint density at radius 2 is 1.97 bits per heavy atom. The number of aromatic nitrogens is 5. The van der Waals surface area contributed by atoms with Gasteiger partial charge in [-0.05, 0) is 18.1 Å². The third-order valence-electron chi connectivity index (χ3n) is 6.12. The number of anilines is 2. The number of hydrogen-bond donors (Lipinski definition) is 2. The van der Waals surface area contributed by atoms with Crippen molar-refractivity contribution >= 4 is 44.1 Å². The van der Waals surface area contributed by atoms with Crippen molar-refractivity contribution < 1.29 is 4.74 Å². The highest BCUT2D eigenvalue weighted by Gasteiger charge is 2.24. The molecule has 9 nitrogen and oxygen atoms in total. The zero-order chi connectivity index (χ0) is 20.6. The van der Waals surface area contributed by atoms with Crippen LogP contribution in [0, 0.1) is 0 Å². The number of nitrogens with one attached hydrogen (secondary N) is 2. The van der Waals surface area contributed by atoms with Gasteiger partial charge < -0.3 is 10.1 Å². The second-order valence-corrected chi connectivity index (χ2v) is 9.12. The number of ether oxygens (including phenoxy) is 1. The summed E-state index contributed by atoms with van der Waals surface area (Å²) in [5.74, 6) is 1.59. The topological polar surface area (TPSA) is 95.1 Å². The maximum atomic E-state index is 5.46. The molecule has 6 rings (SSSR count). The largest absolute Gasteiger partial charge is 0.379 e. The third-order valence-corrected chi connectivity index (χ3v) is 7.25. The van der Waals surface area contributed by atoms with Crippen molar-refractivity contribution in [1.82, 2.24) is 34.9 Å².